The van der Waals surface area contributed by atoms with Crippen LogP contribution in [-0.4, -0.2) is 43.6 Å². The number of nitrogens with zero attached hydrogens (tertiary/aromatic N) is 1. The fraction of sp³-hybridized carbons (Fsp3) is 0.353. The molecule has 1 amide bonds. The van der Waals surface area contributed by atoms with Gasteiger partial charge in [-0.25, -0.2) is 0 Å². The van der Waals surface area contributed by atoms with Gasteiger partial charge in [0.2, 0.25) is 0 Å². The number of benzene rings is 2. The Morgan fingerprint density at radius 1 is 1.09 bits per heavy atom. The Labute approximate surface area is 136 Å². The van der Waals surface area contributed by atoms with E-state index in [0.717, 1.165) is 43.7 Å². The van der Waals surface area contributed by atoms with Gasteiger partial charge < -0.3 is 15.0 Å². The molecule has 0 spiro atoms. The number of nitrogens with one attached hydrogen (secondary N) is 1. The molecular formula is C17H21ClN2O2. The van der Waals surface area contributed by atoms with E-state index >= 15 is 0 Å². The maximum Gasteiger partial charge on any atom is 0.260 e. The van der Waals surface area contributed by atoms with Crippen LogP contribution in [0.1, 0.15) is 6.42 Å². The van der Waals surface area contributed by atoms with Gasteiger partial charge in [-0.05, 0) is 35.9 Å². The van der Waals surface area contributed by atoms with Gasteiger partial charge in [0, 0.05) is 19.6 Å². The normalized spacial score (nSPS) is 15.0. The topological polar surface area (TPSA) is 41.6 Å². The summed E-state index contributed by atoms with van der Waals surface area (Å²) >= 11 is 0. The third-order valence-corrected chi connectivity index (χ3v) is 3.78. The molecule has 22 heavy (non-hydrogen) atoms. The first kappa shape index (κ1) is 16.6. The van der Waals surface area contributed by atoms with E-state index < -0.39 is 0 Å². The van der Waals surface area contributed by atoms with Crippen LogP contribution in [0.25, 0.3) is 10.8 Å². The number of amides is 1. The third kappa shape index (κ3) is 4.12. The maximum atomic E-state index is 12.2. The van der Waals surface area contributed by atoms with E-state index in [1.54, 1.807) is 0 Å². The van der Waals surface area contributed by atoms with Crippen molar-refractivity contribution >= 4 is 29.1 Å². The summed E-state index contributed by atoms with van der Waals surface area (Å²) in [6, 6.07) is 14.0. The standard InChI is InChI=1S/C17H20N2O2.ClH/c20-17(19-10-3-8-18-9-11-19)13-21-16-7-6-14-4-1-2-5-15(14)12-16;/h1-2,4-7,12,18H,3,8-11,13H2;1H. The summed E-state index contributed by atoms with van der Waals surface area (Å²) in [5, 5.41) is 5.59. The molecule has 0 aliphatic carbocycles. The molecule has 1 fully saturated rings. The first-order valence-corrected chi connectivity index (χ1v) is 7.43. The second-order valence-electron chi connectivity index (χ2n) is 5.28. The van der Waals surface area contributed by atoms with Crippen molar-refractivity contribution in [3.05, 3.63) is 42.5 Å². The lowest BCUT2D eigenvalue weighted by Crippen LogP contribution is -2.37. The average molecular weight is 321 g/mol. The molecule has 5 heteroatoms. The highest BCUT2D eigenvalue weighted by atomic mass is 35.5. The van der Waals surface area contributed by atoms with E-state index in [4.69, 9.17) is 4.74 Å². The van der Waals surface area contributed by atoms with E-state index in [0.29, 0.717) is 0 Å². The molecule has 4 nitrogen and oxygen atoms in total. The van der Waals surface area contributed by atoms with Crippen LogP contribution in [0.15, 0.2) is 42.5 Å². The SMILES string of the molecule is Cl.O=C(COc1ccc2ccccc2c1)N1CCCNCC1. The van der Waals surface area contributed by atoms with E-state index in [1.807, 2.05) is 41.3 Å². The van der Waals surface area contributed by atoms with Gasteiger partial charge in [-0.15, -0.1) is 12.4 Å². The van der Waals surface area contributed by atoms with Gasteiger partial charge in [0.25, 0.3) is 5.91 Å². The fourth-order valence-electron chi connectivity index (χ4n) is 2.59. The molecule has 0 bridgehead atoms. The monoisotopic (exact) mass is 320 g/mol. The van der Waals surface area contributed by atoms with Gasteiger partial charge in [-0.3, -0.25) is 4.79 Å². The van der Waals surface area contributed by atoms with Crippen LogP contribution in [0.3, 0.4) is 0 Å². The number of ether oxygens (including phenoxy) is 1. The van der Waals surface area contributed by atoms with Gasteiger partial charge in [0.05, 0.1) is 0 Å². The largest absolute Gasteiger partial charge is 0.484 e. The highest BCUT2D eigenvalue weighted by Crippen LogP contribution is 2.20. The van der Waals surface area contributed by atoms with Gasteiger partial charge in [0.1, 0.15) is 5.75 Å². The maximum absolute atomic E-state index is 12.2. The summed E-state index contributed by atoms with van der Waals surface area (Å²) in [6.07, 6.45) is 1.00. The minimum Gasteiger partial charge on any atom is -0.484 e. The molecular weight excluding hydrogens is 300 g/mol. The van der Waals surface area contributed by atoms with Crippen LogP contribution in [-0.2, 0) is 4.79 Å². The lowest BCUT2D eigenvalue weighted by atomic mass is 10.1. The molecule has 1 aliphatic rings. The highest BCUT2D eigenvalue weighted by Gasteiger charge is 2.15. The Hall–Kier alpha value is -1.78. The first-order valence-electron chi connectivity index (χ1n) is 7.43. The number of rotatable bonds is 3. The Kier molecular flexibility index (Phi) is 6.04. The molecule has 1 heterocycles. The van der Waals surface area contributed by atoms with Crippen LogP contribution in [0.5, 0.6) is 5.75 Å². The molecule has 0 atom stereocenters. The summed E-state index contributed by atoms with van der Waals surface area (Å²) in [6.45, 7) is 3.53. The van der Waals surface area contributed by atoms with Crippen LogP contribution in [0, 0.1) is 0 Å². The molecule has 118 valence electrons. The Morgan fingerprint density at radius 3 is 2.77 bits per heavy atom. The zero-order valence-electron chi connectivity index (χ0n) is 12.5. The van der Waals surface area contributed by atoms with Crippen LogP contribution < -0.4 is 10.1 Å². The van der Waals surface area contributed by atoms with E-state index in [9.17, 15) is 4.79 Å². The first-order chi connectivity index (χ1) is 10.3. The van der Waals surface area contributed by atoms with Gasteiger partial charge in [-0.2, -0.15) is 0 Å². The highest BCUT2D eigenvalue weighted by molar-refractivity contribution is 5.85. The number of fused-ring (bicyclic) bond motifs is 1. The number of carbonyl (C=O) groups excluding carboxylic acids is 1. The van der Waals surface area contributed by atoms with Crippen molar-refractivity contribution in [2.75, 3.05) is 32.8 Å². The summed E-state index contributed by atoms with van der Waals surface area (Å²) in [5.74, 6) is 0.807. The van der Waals surface area contributed by atoms with E-state index in [-0.39, 0.29) is 24.9 Å². The van der Waals surface area contributed by atoms with Gasteiger partial charge in [-0.1, -0.05) is 30.3 Å². The molecule has 0 saturated carbocycles. The smallest absolute Gasteiger partial charge is 0.260 e. The zero-order valence-corrected chi connectivity index (χ0v) is 13.3. The summed E-state index contributed by atoms with van der Waals surface area (Å²) in [7, 11) is 0. The van der Waals surface area contributed by atoms with Crippen molar-refractivity contribution in [2.45, 2.75) is 6.42 Å². The second-order valence-corrected chi connectivity index (χ2v) is 5.28. The van der Waals surface area contributed by atoms with Crippen molar-refractivity contribution in [1.82, 2.24) is 10.2 Å². The van der Waals surface area contributed by atoms with Crippen LogP contribution in [0.4, 0.5) is 0 Å². The molecule has 0 radical (unpaired) electrons. The fourth-order valence-corrected chi connectivity index (χ4v) is 2.59. The van der Waals surface area contributed by atoms with E-state index in [1.165, 1.54) is 5.39 Å². The summed E-state index contributed by atoms with van der Waals surface area (Å²) < 4.78 is 5.66. The minimum absolute atomic E-state index is 0. The predicted octanol–water partition coefficient (Wildman–Crippen LogP) is 2.46. The minimum atomic E-state index is 0. The van der Waals surface area contributed by atoms with Crippen molar-refractivity contribution in [2.24, 2.45) is 0 Å². The molecule has 0 unspecified atom stereocenters. The molecule has 3 rings (SSSR count). The molecule has 1 saturated heterocycles. The summed E-state index contributed by atoms with van der Waals surface area (Å²) in [5.41, 5.74) is 0. The van der Waals surface area contributed by atoms with Crippen molar-refractivity contribution in [3.8, 4) is 5.75 Å². The third-order valence-electron chi connectivity index (χ3n) is 3.78. The second kappa shape index (κ2) is 8.01. The molecule has 2 aromatic rings. The van der Waals surface area contributed by atoms with Crippen molar-refractivity contribution in [3.63, 3.8) is 0 Å². The van der Waals surface area contributed by atoms with Gasteiger partial charge >= 0.3 is 0 Å². The van der Waals surface area contributed by atoms with Crippen molar-refractivity contribution in [1.29, 1.82) is 0 Å². The number of carbonyl (C=O) groups is 1. The van der Waals surface area contributed by atoms with Gasteiger partial charge in [0.15, 0.2) is 6.61 Å². The Balaban J connectivity index is 0.00000176. The molecule has 0 aromatic heterocycles. The summed E-state index contributed by atoms with van der Waals surface area (Å²) in [4.78, 5) is 14.0. The number of halogens is 1. The zero-order chi connectivity index (χ0) is 14.5. The van der Waals surface area contributed by atoms with Crippen LogP contribution >= 0.6 is 12.4 Å². The Morgan fingerprint density at radius 2 is 1.91 bits per heavy atom. The molecule has 1 N–H and O–H groups in total. The Bertz CT molecular complexity index is 625. The van der Waals surface area contributed by atoms with Crippen molar-refractivity contribution < 1.29 is 9.53 Å². The quantitative estimate of drug-likeness (QED) is 0.944. The average Bonchev–Trinajstić information content (AvgIpc) is 2.81. The predicted molar refractivity (Wildman–Crippen MR) is 90.8 cm³/mol. The molecule has 2 aromatic carbocycles. The number of hydrogen-bond donors (Lipinski definition) is 1. The van der Waals surface area contributed by atoms with Crippen LogP contribution in [0.2, 0.25) is 0 Å². The van der Waals surface area contributed by atoms with E-state index in [2.05, 4.69) is 11.4 Å². The number of hydrogen-bond acceptors (Lipinski definition) is 3. The lowest BCUT2D eigenvalue weighted by Gasteiger charge is -2.20. The lowest BCUT2D eigenvalue weighted by molar-refractivity contribution is -0.133. The molecule has 1 aliphatic heterocycles.